The maximum Gasteiger partial charge on any atom is 0.472 e. The van der Waals surface area contributed by atoms with E-state index in [1.165, 1.54) is 180 Å². The lowest BCUT2D eigenvalue weighted by Gasteiger charge is -2.20. The van der Waals surface area contributed by atoms with Crippen LogP contribution in [0.25, 0.3) is 0 Å². The minimum atomic E-state index is -4.62. The Balaban J connectivity index is 4.13. The third-order valence-electron chi connectivity index (χ3n) is 11.8. The molecule has 64 heavy (non-hydrogen) atoms. The van der Waals surface area contributed by atoms with E-state index in [4.69, 9.17) is 23.6 Å². The molecule has 0 spiro atoms. The molecule has 0 aliphatic heterocycles. The van der Waals surface area contributed by atoms with Gasteiger partial charge in [0.2, 0.25) is 0 Å². The first-order valence-electron chi connectivity index (χ1n) is 26.8. The van der Waals surface area contributed by atoms with Gasteiger partial charge in [-0.2, -0.15) is 0 Å². The maximum atomic E-state index is 12.7. The van der Waals surface area contributed by atoms with Gasteiger partial charge in [0.25, 0.3) is 0 Å². The van der Waals surface area contributed by atoms with Crippen LogP contribution in [-0.2, 0) is 32.7 Å². The molecular weight excluding hydrogens is 828 g/mol. The highest BCUT2D eigenvalue weighted by atomic mass is 31.2. The van der Waals surface area contributed by atoms with Gasteiger partial charge in [-0.05, 0) is 64.2 Å². The van der Waals surface area contributed by atoms with Gasteiger partial charge in [0.15, 0.2) is 6.10 Å². The van der Waals surface area contributed by atoms with Crippen molar-refractivity contribution in [2.75, 3.05) is 26.4 Å². The van der Waals surface area contributed by atoms with E-state index in [9.17, 15) is 24.2 Å². The lowest BCUT2D eigenvalue weighted by molar-refractivity contribution is -0.161. The summed E-state index contributed by atoms with van der Waals surface area (Å²) in [4.78, 5) is 35.2. The Morgan fingerprint density at radius 3 is 1.12 bits per heavy atom. The molecule has 0 aliphatic rings. The fraction of sp³-hybridized carbons (Fsp3) is 0.887. The minimum Gasteiger partial charge on any atom is -0.462 e. The second kappa shape index (κ2) is 49.4. The Hall–Kier alpha value is -1.55. The van der Waals surface area contributed by atoms with Crippen molar-refractivity contribution in [1.82, 2.24) is 0 Å². The minimum absolute atomic E-state index is 0.185. The summed E-state index contributed by atoms with van der Waals surface area (Å²) in [6.07, 6.45) is 52.9. The molecule has 0 aromatic rings. The zero-order valence-electron chi connectivity index (χ0n) is 41.5. The number of phosphoric ester groups is 1. The van der Waals surface area contributed by atoms with Gasteiger partial charge in [0.1, 0.15) is 12.7 Å². The Labute approximate surface area is 393 Å². The number of aliphatic hydroxyl groups excluding tert-OH is 2. The summed E-state index contributed by atoms with van der Waals surface area (Å²) in [5, 5.41) is 18.4. The predicted molar refractivity (Wildman–Crippen MR) is 265 cm³/mol. The summed E-state index contributed by atoms with van der Waals surface area (Å²) in [5.41, 5.74) is 0. The molecule has 378 valence electrons. The highest BCUT2D eigenvalue weighted by Crippen LogP contribution is 2.43. The molecule has 3 N–H and O–H groups in total. The molecule has 0 rings (SSSR count). The van der Waals surface area contributed by atoms with Crippen molar-refractivity contribution in [1.29, 1.82) is 0 Å². The highest BCUT2D eigenvalue weighted by Gasteiger charge is 2.27. The molecule has 0 aliphatic carbocycles. The quantitative estimate of drug-likeness (QED) is 0.0233. The molecule has 11 heteroatoms. The molecule has 0 heterocycles. The largest absolute Gasteiger partial charge is 0.472 e. The van der Waals surface area contributed by atoms with Crippen LogP contribution < -0.4 is 0 Å². The van der Waals surface area contributed by atoms with Crippen LogP contribution >= 0.6 is 7.82 Å². The molecule has 10 nitrogen and oxygen atoms in total. The molecule has 0 aromatic carbocycles. The summed E-state index contributed by atoms with van der Waals surface area (Å²) in [6, 6.07) is 0. The van der Waals surface area contributed by atoms with E-state index in [1.807, 2.05) is 0 Å². The van der Waals surface area contributed by atoms with E-state index in [0.29, 0.717) is 12.8 Å². The first-order valence-corrected chi connectivity index (χ1v) is 28.3. The summed E-state index contributed by atoms with van der Waals surface area (Å²) in [6.45, 7) is 2.42. The fourth-order valence-corrected chi connectivity index (χ4v) is 8.48. The first kappa shape index (κ1) is 62.4. The van der Waals surface area contributed by atoms with Gasteiger partial charge in [-0.15, -0.1) is 0 Å². The first-order chi connectivity index (χ1) is 31.2. The molecule has 0 radical (unpaired) electrons. The van der Waals surface area contributed by atoms with Crippen LogP contribution in [0.5, 0.6) is 0 Å². The molecule has 0 saturated carbocycles. The van der Waals surface area contributed by atoms with Crippen LogP contribution in [0.1, 0.15) is 264 Å². The van der Waals surface area contributed by atoms with Crippen LogP contribution in [0, 0.1) is 0 Å². The molecule has 3 atom stereocenters. The second-order valence-electron chi connectivity index (χ2n) is 18.2. The summed E-state index contributed by atoms with van der Waals surface area (Å²) in [7, 11) is -4.62. The van der Waals surface area contributed by atoms with Crippen LogP contribution in [0.15, 0.2) is 24.3 Å². The smallest absolute Gasteiger partial charge is 0.462 e. The van der Waals surface area contributed by atoms with Crippen molar-refractivity contribution >= 4 is 19.8 Å². The van der Waals surface area contributed by atoms with Gasteiger partial charge in [-0.25, -0.2) is 4.57 Å². The number of unbranched alkanes of at least 4 members (excludes halogenated alkanes) is 33. The Kier molecular flexibility index (Phi) is 48.2. The monoisotopic (exact) mass is 929 g/mol. The molecule has 3 unspecified atom stereocenters. The number of phosphoric acid groups is 1. The SMILES string of the molecule is CCCCCCCCC/C=C\CCCCCCCCCC(=O)OCC(COP(=O)(O)OCC(O)CO)OC(=O)CCCCCCCCCCCCC/C=C\CCCCCCCCCC. The molecule has 0 fully saturated rings. The topological polar surface area (TPSA) is 149 Å². The Bertz CT molecular complexity index is 1110. The van der Waals surface area contributed by atoms with E-state index in [-0.39, 0.29) is 19.4 Å². The van der Waals surface area contributed by atoms with Crippen LogP contribution in [0.3, 0.4) is 0 Å². The molecule has 0 aromatic heterocycles. The van der Waals surface area contributed by atoms with Gasteiger partial charge in [0, 0.05) is 12.8 Å². The molecule has 0 saturated heterocycles. The van der Waals surface area contributed by atoms with Gasteiger partial charge in [-0.1, -0.05) is 212 Å². The number of hydrogen-bond donors (Lipinski definition) is 3. The Morgan fingerprint density at radius 2 is 0.766 bits per heavy atom. The maximum absolute atomic E-state index is 12.7. The summed E-state index contributed by atoms with van der Waals surface area (Å²) >= 11 is 0. The van der Waals surface area contributed by atoms with E-state index in [1.54, 1.807) is 0 Å². The van der Waals surface area contributed by atoms with E-state index < -0.39 is 51.8 Å². The van der Waals surface area contributed by atoms with E-state index in [0.717, 1.165) is 44.9 Å². The number of ether oxygens (including phenoxy) is 2. The van der Waals surface area contributed by atoms with Crippen molar-refractivity contribution in [3.63, 3.8) is 0 Å². The van der Waals surface area contributed by atoms with Crippen LogP contribution in [0.4, 0.5) is 0 Å². The second-order valence-corrected chi connectivity index (χ2v) is 19.7. The number of rotatable bonds is 51. The van der Waals surface area contributed by atoms with Gasteiger partial charge in [0.05, 0.1) is 19.8 Å². The van der Waals surface area contributed by atoms with Crippen molar-refractivity contribution in [3.05, 3.63) is 24.3 Å². The summed E-state index contributed by atoms with van der Waals surface area (Å²) < 4.78 is 32.9. The fourth-order valence-electron chi connectivity index (χ4n) is 7.69. The molecular formula is C53H101O10P. The third-order valence-corrected chi connectivity index (χ3v) is 12.8. The normalized spacial score (nSPS) is 13.8. The predicted octanol–water partition coefficient (Wildman–Crippen LogP) is 15.3. The lowest BCUT2D eigenvalue weighted by Crippen LogP contribution is -2.29. The van der Waals surface area contributed by atoms with E-state index in [2.05, 4.69) is 38.2 Å². The lowest BCUT2D eigenvalue weighted by atomic mass is 10.0. The van der Waals surface area contributed by atoms with Gasteiger partial charge >= 0.3 is 19.8 Å². The molecule has 0 bridgehead atoms. The number of hydrogen-bond acceptors (Lipinski definition) is 9. The Morgan fingerprint density at radius 1 is 0.453 bits per heavy atom. The van der Waals surface area contributed by atoms with Crippen molar-refractivity contribution in [2.24, 2.45) is 0 Å². The number of esters is 2. The van der Waals surface area contributed by atoms with Crippen LogP contribution in [0.2, 0.25) is 0 Å². The van der Waals surface area contributed by atoms with Crippen molar-refractivity contribution in [2.45, 2.75) is 276 Å². The third kappa shape index (κ3) is 48.4. The van der Waals surface area contributed by atoms with Crippen molar-refractivity contribution in [3.8, 4) is 0 Å². The standard InChI is InChI=1S/C53H101O10P/c1-3-5-7-9-11-13-15-17-19-21-23-24-25-26-27-29-31-33-35-37-39-41-43-45-53(57)63-51(49-62-64(58,59)61-47-50(55)46-54)48-60-52(56)44-42-40-38-36-34-32-30-28-22-20-18-16-14-12-10-8-6-4-2/h20-23,50-51,54-55H,3-19,24-49H2,1-2H3,(H,58,59)/b22-20-,23-21-. The number of carbonyl (C=O) groups is 2. The zero-order valence-corrected chi connectivity index (χ0v) is 42.4. The van der Waals surface area contributed by atoms with E-state index >= 15 is 0 Å². The average Bonchev–Trinajstić information content (AvgIpc) is 3.28. The number of carbonyl (C=O) groups excluding carboxylic acids is 2. The van der Waals surface area contributed by atoms with Crippen LogP contribution in [-0.4, -0.2) is 65.7 Å². The average molecular weight is 929 g/mol. The molecule has 0 amide bonds. The van der Waals surface area contributed by atoms with Gasteiger partial charge < -0.3 is 24.6 Å². The number of aliphatic hydroxyl groups is 2. The summed E-state index contributed by atoms with van der Waals surface area (Å²) in [5.74, 6) is -0.918. The number of allylic oxidation sites excluding steroid dienone is 4. The zero-order chi connectivity index (χ0) is 46.9. The highest BCUT2D eigenvalue weighted by molar-refractivity contribution is 7.47. The van der Waals surface area contributed by atoms with Crippen molar-refractivity contribution < 1.29 is 47.8 Å². The van der Waals surface area contributed by atoms with Gasteiger partial charge in [-0.3, -0.25) is 18.6 Å².